The van der Waals surface area contributed by atoms with Crippen molar-refractivity contribution in [2.24, 2.45) is 29.2 Å². The molecule has 1 aromatic carbocycles. The first-order chi connectivity index (χ1) is 20.6. The maximum Gasteiger partial charge on any atom is 0.255 e. The minimum absolute atomic E-state index is 0.0688. The second-order valence-electron chi connectivity index (χ2n) is 12.8. The number of phenols is 1. The summed E-state index contributed by atoms with van der Waals surface area (Å²) in [5, 5.41) is 59.9. The number of nitrogens with zero attached hydrogens (tertiary/aromatic N) is 1. The van der Waals surface area contributed by atoms with Crippen LogP contribution in [-0.4, -0.2) is 91.7 Å². The smallest absolute Gasteiger partial charge is 0.255 e. The van der Waals surface area contributed by atoms with Crippen molar-refractivity contribution in [2.45, 2.75) is 75.2 Å². The molecule has 4 aliphatic carbocycles. The highest BCUT2D eigenvalue weighted by atomic mass is 16.4. The first-order valence-electron chi connectivity index (χ1n) is 14.9. The molecule has 1 aromatic rings. The van der Waals surface area contributed by atoms with Gasteiger partial charge in [-0.1, -0.05) is 45.1 Å². The Morgan fingerprint density at radius 1 is 1.11 bits per heavy atom. The van der Waals surface area contributed by atoms with Crippen LogP contribution in [0, 0.1) is 17.8 Å². The molecule has 5 rings (SSSR count). The van der Waals surface area contributed by atoms with Gasteiger partial charge in [0.1, 0.15) is 22.8 Å². The molecule has 0 spiro atoms. The number of primary amides is 1. The summed E-state index contributed by atoms with van der Waals surface area (Å²) in [6, 6.07) is 0.698. The van der Waals surface area contributed by atoms with Crippen LogP contribution in [0.1, 0.15) is 62.5 Å². The van der Waals surface area contributed by atoms with Crippen LogP contribution in [0.2, 0.25) is 0 Å². The summed E-state index contributed by atoms with van der Waals surface area (Å²) in [5.74, 6) is -10.0. The number of anilines is 1. The first-order valence-corrected chi connectivity index (χ1v) is 14.9. The number of rotatable bonds is 6. The summed E-state index contributed by atoms with van der Waals surface area (Å²) >= 11 is 0. The number of ketones is 2. The molecule has 0 aliphatic heterocycles. The number of aliphatic hydroxyl groups is 4. The third kappa shape index (κ3) is 4.61. The normalized spacial score (nSPS) is 31.4. The van der Waals surface area contributed by atoms with Crippen molar-refractivity contribution in [1.82, 2.24) is 4.90 Å². The van der Waals surface area contributed by atoms with E-state index in [0.29, 0.717) is 17.9 Å². The van der Waals surface area contributed by atoms with E-state index in [0.717, 1.165) is 32.1 Å². The van der Waals surface area contributed by atoms with Crippen LogP contribution in [0.5, 0.6) is 5.75 Å². The molecule has 13 nitrogen and oxygen atoms in total. The Balaban J connectivity index is 1.57. The average molecular weight is 613 g/mol. The quantitative estimate of drug-likeness (QED) is 0.165. The summed E-state index contributed by atoms with van der Waals surface area (Å²) in [6.45, 7) is 1.63. The third-order valence-electron chi connectivity index (χ3n) is 10.0. The molecule has 2 amide bonds. The fraction of sp³-hybridized carbons (Fsp3) is 0.548. The molecule has 44 heavy (non-hydrogen) atoms. The zero-order valence-corrected chi connectivity index (χ0v) is 24.9. The topological polar surface area (TPSA) is 237 Å². The molecule has 0 heterocycles. The molecule has 0 saturated heterocycles. The fourth-order valence-corrected chi connectivity index (χ4v) is 7.83. The summed E-state index contributed by atoms with van der Waals surface area (Å²) in [5.41, 5.74) is 7.08. The van der Waals surface area contributed by atoms with Crippen molar-refractivity contribution < 1.29 is 44.7 Å². The SMILES string of the molecule is C[C@H]1c2ccc(NC(=O)[C@@H](N)CC3CCCCC3)c(O)c2C(O)=C2C(=O)[C@]3(O)C(O)=C(C(N)=O)C(=O)[C@@H](N(C)C)C3[C@@H](O)C21. The zero-order chi connectivity index (χ0) is 32.4. The number of phenolic OH excluding ortho intramolecular Hbond substituents is 1. The van der Waals surface area contributed by atoms with Gasteiger partial charge in [-0.3, -0.25) is 24.1 Å². The molecule has 0 bridgehead atoms. The predicted molar refractivity (Wildman–Crippen MR) is 158 cm³/mol. The number of carbonyl (C=O) groups excluding carboxylic acids is 4. The number of nitrogens with one attached hydrogen (secondary N) is 1. The van der Waals surface area contributed by atoms with Gasteiger partial charge in [-0.2, -0.15) is 0 Å². The van der Waals surface area contributed by atoms with Crippen LogP contribution < -0.4 is 16.8 Å². The number of carbonyl (C=O) groups is 4. The summed E-state index contributed by atoms with van der Waals surface area (Å²) in [6.07, 6.45) is 4.12. The highest BCUT2D eigenvalue weighted by Gasteiger charge is 2.68. The summed E-state index contributed by atoms with van der Waals surface area (Å²) in [4.78, 5) is 53.8. The Hall–Kier alpha value is -3.78. The molecular weight excluding hydrogens is 572 g/mol. The molecule has 0 aromatic heterocycles. The Kier molecular flexibility index (Phi) is 8.12. The van der Waals surface area contributed by atoms with Crippen LogP contribution >= 0.6 is 0 Å². The molecule has 10 N–H and O–H groups in total. The number of benzene rings is 1. The van der Waals surface area contributed by atoms with E-state index in [4.69, 9.17) is 11.5 Å². The monoisotopic (exact) mass is 612 g/mol. The molecule has 4 aliphatic rings. The molecule has 13 heteroatoms. The Morgan fingerprint density at radius 3 is 2.34 bits per heavy atom. The number of hydrogen-bond acceptors (Lipinski definition) is 11. The van der Waals surface area contributed by atoms with Crippen LogP contribution in [0.15, 0.2) is 29.0 Å². The first kappa shape index (κ1) is 31.6. The summed E-state index contributed by atoms with van der Waals surface area (Å²) < 4.78 is 0. The van der Waals surface area contributed by atoms with Crippen molar-refractivity contribution in [3.63, 3.8) is 0 Å². The fourth-order valence-electron chi connectivity index (χ4n) is 7.83. The van der Waals surface area contributed by atoms with Gasteiger partial charge < -0.3 is 42.3 Å². The molecular formula is C31H40N4O9. The second-order valence-corrected chi connectivity index (χ2v) is 12.8. The molecule has 2 fully saturated rings. The van der Waals surface area contributed by atoms with Crippen molar-refractivity contribution in [3.8, 4) is 5.75 Å². The highest BCUT2D eigenvalue weighted by Crippen LogP contribution is 2.56. The average Bonchev–Trinajstić information content (AvgIpc) is 2.96. The minimum atomic E-state index is -3.00. The van der Waals surface area contributed by atoms with E-state index >= 15 is 0 Å². The van der Waals surface area contributed by atoms with Crippen LogP contribution in [0.3, 0.4) is 0 Å². The lowest BCUT2D eigenvalue weighted by atomic mass is 9.54. The maximum atomic E-state index is 14.1. The lowest BCUT2D eigenvalue weighted by Crippen LogP contribution is -2.70. The lowest BCUT2D eigenvalue weighted by Gasteiger charge is -2.53. The number of nitrogens with two attached hydrogens (primary N) is 2. The Labute approximate surface area is 254 Å². The third-order valence-corrected chi connectivity index (χ3v) is 10.0. The van der Waals surface area contributed by atoms with Crippen molar-refractivity contribution in [3.05, 3.63) is 40.2 Å². The van der Waals surface area contributed by atoms with E-state index in [1.807, 2.05) is 0 Å². The summed E-state index contributed by atoms with van der Waals surface area (Å²) in [7, 11) is 2.89. The number of fused-ring (bicyclic) bond motifs is 3. The van der Waals surface area contributed by atoms with Gasteiger partial charge in [-0.15, -0.1) is 0 Å². The van der Waals surface area contributed by atoms with E-state index in [2.05, 4.69) is 5.32 Å². The van der Waals surface area contributed by atoms with Crippen molar-refractivity contribution in [1.29, 1.82) is 0 Å². The van der Waals surface area contributed by atoms with Crippen molar-refractivity contribution in [2.75, 3.05) is 19.4 Å². The van der Waals surface area contributed by atoms with E-state index in [9.17, 15) is 44.7 Å². The second kappa shape index (κ2) is 11.3. The van der Waals surface area contributed by atoms with Crippen LogP contribution in [-0.2, 0) is 19.2 Å². The number of likely N-dealkylation sites (N-methyl/N-ethyl adjacent to an activating group) is 1. The lowest BCUT2D eigenvalue weighted by molar-refractivity contribution is -0.169. The van der Waals surface area contributed by atoms with Gasteiger partial charge in [0.15, 0.2) is 11.4 Å². The molecule has 7 atom stereocenters. The molecule has 0 radical (unpaired) electrons. The van der Waals surface area contributed by atoms with Gasteiger partial charge in [0.2, 0.25) is 11.7 Å². The number of aromatic hydroxyl groups is 1. The van der Waals surface area contributed by atoms with E-state index in [-0.39, 0.29) is 11.3 Å². The highest BCUT2D eigenvalue weighted by molar-refractivity contribution is 6.24. The molecule has 2 saturated carbocycles. The van der Waals surface area contributed by atoms with Gasteiger partial charge in [0.25, 0.3) is 5.91 Å². The maximum absolute atomic E-state index is 14.1. The number of hydrogen-bond donors (Lipinski definition) is 8. The molecule has 2 unspecified atom stereocenters. The number of amides is 2. The largest absolute Gasteiger partial charge is 0.508 e. The van der Waals surface area contributed by atoms with Gasteiger partial charge in [0, 0.05) is 11.5 Å². The van der Waals surface area contributed by atoms with E-state index in [1.165, 1.54) is 31.1 Å². The number of Topliss-reactive ketones (excluding diaryl/α,β-unsaturated/α-hetero) is 2. The van der Waals surface area contributed by atoms with Crippen LogP contribution in [0.25, 0.3) is 5.76 Å². The number of aliphatic hydroxyl groups excluding tert-OH is 3. The Morgan fingerprint density at radius 2 is 1.75 bits per heavy atom. The standard InChI is InChI=1S/C31H40N4O9/c1-12-14-9-10-16(34-30(43)15(32)11-13-7-5-4-6-8-13)23(36)18(14)24(37)19-17(12)25(38)21-22(35(2)3)26(39)20(29(33)42)28(41)31(21,44)27(19)40/h9-10,12-13,15,17,21-22,25,36-38,41,44H,4-8,11,32H2,1-3H3,(H2,33,42)(H,34,43)/t12-,15-,17?,21?,22-,25-,31-/m0/s1. The molecule has 238 valence electrons. The van der Waals surface area contributed by atoms with E-state index in [1.54, 1.807) is 6.92 Å². The zero-order valence-electron chi connectivity index (χ0n) is 24.9. The Bertz CT molecular complexity index is 1490. The minimum Gasteiger partial charge on any atom is -0.508 e. The van der Waals surface area contributed by atoms with Gasteiger partial charge >= 0.3 is 0 Å². The van der Waals surface area contributed by atoms with Gasteiger partial charge in [-0.25, -0.2) is 0 Å². The predicted octanol–water partition coefficient (Wildman–Crippen LogP) is 0.732. The van der Waals surface area contributed by atoms with Crippen LogP contribution in [0.4, 0.5) is 5.69 Å². The van der Waals surface area contributed by atoms with Gasteiger partial charge in [-0.05, 0) is 44.0 Å². The van der Waals surface area contributed by atoms with Gasteiger partial charge in [0.05, 0.1) is 35.4 Å². The van der Waals surface area contributed by atoms with E-state index < -0.39 is 93.3 Å². The van der Waals surface area contributed by atoms with Crippen molar-refractivity contribution >= 4 is 34.8 Å².